The van der Waals surface area contributed by atoms with Crippen LogP contribution in [0.5, 0.6) is 0 Å². The van der Waals surface area contributed by atoms with Crippen molar-refractivity contribution in [1.82, 2.24) is 19.5 Å². The molecular formula is C4H7N7. The Balaban J connectivity index is 2.95. The number of nitrogens with two attached hydrogens (primary N) is 3. The number of nitrogens with zero attached hydrogens (tertiary/aromatic N) is 4. The van der Waals surface area contributed by atoms with Crippen LogP contribution in [0, 0.1) is 0 Å². The van der Waals surface area contributed by atoms with Gasteiger partial charge in [-0.1, -0.05) is 0 Å². The Morgan fingerprint density at radius 3 is 2.64 bits per heavy atom. The zero-order chi connectivity index (χ0) is 8.01. The molecule has 0 amide bonds. The molecule has 0 bridgehead atoms. The molecule has 2 heterocycles. The molecule has 7 nitrogen and oxygen atoms in total. The van der Waals surface area contributed by atoms with Gasteiger partial charge in [0, 0.05) is 6.07 Å². The van der Waals surface area contributed by atoms with E-state index in [-0.39, 0.29) is 5.95 Å². The van der Waals surface area contributed by atoms with Crippen molar-refractivity contribution in [3.8, 4) is 0 Å². The van der Waals surface area contributed by atoms with Gasteiger partial charge in [0.25, 0.3) is 0 Å². The van der Waals surface area contributed by atoms with Crippen molar-refractivity contribution >= 4 is 17.4 Å². The van der Waals surface area contributed by atoms with Gasteiger partial charge >= 0.3 is 0 Å². The van der Waals surface area contributed by atoms with Crippen molar-refractivity contribution < 1.29 is 0 Å². The quantitative estimate of drug-likeness (QED) is 0.395. The smallest absolute Gasteiger partial charge is 0.243 e. The Kier molecular flexibility index (Phi) is 0.831. The van der Waals surface area contributed by atoms with Gasteiger partial charge in [0.1, 0.15) is 5.82 Å². The van der Waals surface area contributed by atoms with Crippen LogP contribution in [0.3, 0.4) is 0 Å². The first-order valence-electron chi connectivity index (χ1n) is 2.93. The second-order valence-electron chi connectivity index (χ2n) is 2.14. The van der Waals surface area contributed by atoms with Crippen LogP contribution in [0.2, 0.25) is 0 Å². The number of hydrogen-bond donors (Lipinski definition) is 3. The summed E-state index contributed by atoms with van der Waals surface area (Å²) in [6.07, 6.45) is 0. The van der Waals surface area contributed by atoms with E-state index in [4.69, 9.17) is 17.3 Å². The Morgan fingerprint density at radius 2 is 2.00 bits per heavy atom. The molecule has 2 rings (SSSR count). The molecule has 0 atom stereocenters. The second kappa shape index (κ2) is 1.57. The van der Waals surface area contributed by atoms with Crippen molar-refractivity contribution in [2.75, 3.05) is 17.3 Å². The van der Waals surface area contributed by atoms with Crippen molar-refractivity contribution in [1.29, 1.82) is 0 Å². The third-order valence-corrected chi connectivity index (χ3v) is 1.45. The topological polar surface area (TPSA) is 113 Å². The molecule has 0 unspecified atom stereocenters. The summed E-state index contributed by atoms with van der Waals surface area (Å²) < 4.78 is 1.41. The molecule has 0 aliphatic carbocycles. The minimum atomic E-state index is 0.221. The summed E-state index contributed by atoms with van der Waals surface area (Å²) in [5, 5.41) is 7.30. The monoisotopic (exact) mass is 153 g/mol. The third-order valence-electron chi connectivity index (χ3n) is 1.45. The summed E-state index contributed by atoms with van der Waals surface area (Å²) in [4.78, 5) is 1.19. The zero-order valence-electron chi connectivity index (χ0n) is 5.60. The van der Waals surface area contributed by atoms with E-state index in [1.54, 1.807) is 6.07 Å². The van der Waals surface area contributed by atoms with Crippen molar-refractivity contribution in [2.24, 2.45) is 0 Å². The third kappa shape index (κ3) is 0.561. The Morgan fingerprint density at radius 1 is 1.27 bits per heavy atom. The molecule has 0 radical (unpaired) electrons. The van der Waals surface area contributed by atoms with Gasteiger partial charge in [-0.25, -0.2) is 0 Å². The van der Waals surface area contributed by atoms with Crippen LogP contribution in [0.15, 0.2) is 6.07 Å². The normalized spacial score (nSPS) is 10.9. The van der Waals surface area contributed by atoms with Crippen LogP contribution >= 0.6 is 0 Å². The highest BCUT2D eigenvalue weighted by molar-refractivity contribution is 5.51. The highest BCUT2D eigenvalue weighted by Gasteiger charge is 2.07. The van der Waals surface area contributed by atoms with E-state index in [0.29, 0.717) is 11.5 Å². The minimum Gasteiger partial charge on any atom is -0.382 e. The van der Waals surface area contributed by atoms with E-state index in [1.807, 2.05) is 0 Å². The van der Waals surface area contributed by atoms with E-state index in [9.17, 15) is 0 Å². The van der Waals surface area contributed by atoms with Crippen LogP contribution in [-0.4, -0.2) is 19.5 Å². The lowest BCUT2D eigenvalue weighted by Crippen LogP contribution is -2.18. The zero-order valence-corrected chi connectivity index (χ0v) is 5.60. The summed E-state index contributed by atoms with van der Waals surface area (Å²) in [6.45, 7) is 0. The summed E-state index contributed by atoms with van der Waals surface area (Å²) in [5.41, 5.74) is 11.4. The first-order valence-corrected chi connectivity index (χ1v) is 2.93. The molecule has 2 aromatic heterocycles. The predicted molar refractivity (Wildman–Crippen MR) is 40.0 cm³/mol. The van der Waals surface area contributed by atoms with Gasteiger partial charge in [-0.15, -0.1) is 10.2 Å². The molecular weight excluding hydrogens is 146 g/mol. The molecule has 0 aromatic carbocycles. The van der Waals surface area contributed by atoms with Crippen LogP contribution in [0.1, 0.15) is 0 Å². The highest BCUT2D eigenvalue weighted by atomic mass is 15.6. The molecule has 0 aliphatic heterocycles. The maximum atomic E-state index is 5.48. The van der Waals surface area contributed by atoms with Gasteiger partial charge in [-0.3, -0.25) is 0 Å². The molecule has 0 spiro atoms. The lowest BCUT2D eigenvalue weighted by Gasteiger charge is -1.97. The maximum absolute atomic E-state index is 5.48. The first-order chi connectivity index (χ1) is 5.20. The largest absolute Gasteiger partial charge is 0.382 e. The van der Waals surface area contributed by atoms with Crippen LogP contribution < -0.4 is 17.3 Å². The fourth-order valence-corrected chi connectivity index (χ4v) is 0.929. The molecule has 58 valence electrons. The van der Waals surface area contributed by atoms with Crippen LogP contribution in [0.25, 0.3) is 5.65 Å². The van der Waals surface area contributed by atoms with E-state index < -0.39 is 0 Å². The van der Waals surface area contributed by atoms with Crippen LogP contribution in [0.4, 0.5) is 11.8 Å². The Bertz CT molecular complexity index is 396. The summed E-state index contributed by atoms with van der Waals surface area (Å²) in [7, 11) is 0. The van der Waals surface area contributed by atoms with Gasteiger partial charge in [-0.2, -0.15) is 9.31 Å². The number of hydrogen-bond acceptors (Lipinski definition) is 5. The van der Waals surface area contributed by atoms with Crippen molar-refractivity contribution in [3.63, 3.8) is 0 Å². The maximum Gasteiger partial charge on any atom is 0.243 e. The molecule has 0 fully saturated rings. The van der Waals surface area contributed by atoms with Gasteiger partial charge in [0.05, 0.1) is 0 Å². The molecule has 0 saturated carbocycles. The number of anilines is 2. The Hall–Kier alpha value is -1.92. The van der Waals surface area contributed by atoms with E-state index in [0.717, 1.165) is 0 Å². The van der Waals surface area contributed by atoms with E-state index >= 15 is 0 Å². The molecule has 2 aromatic rings. The molecule has 0 aliphatic rings. The first kappa shape index (κ1) is 5.83. The summed E-state index contributed by atoms with van der Waals surface area (Å²) in [5.74, 6) is 6.09. The minimum absolute atomic E-state index is 0.221. The lowest BCUT2D eigenvalue weighted by molar-refractivity contribution is 0.776. The van der Waals surface area contributed by atoms with Gasteiger partial charge in [-0.05, 0) is 0 Å². The number of fused-ring (bicyclic) bond motifs is 1. The molecule has 7 heteroatoms. The SMILES string of the molecule is Nc1cc2nnc(N)n2n1N. The lowest BCUT2D eigenvalue weighted by atomic mass is 10.6. The van der Waals surface area contributed by atoms with E-state index in [2.05, 4.69) is 10.2 Å². The van der Waals surface area contributed by atoms with Crippen molar-refractivity contribution in [2.45, 2.75) is 0 Å². The van der Waals surface area contributed by atoms with Gasteiger partial charge in [0.15, 0.2) is 5.65 Å². The molecule has 0 saturated heterocycles. The highest BCUT2D eigenvalue weighted by Crippen LogP contribution is 2.09. The number of aromatic nitrogens is 4. The Labute approximate surface area is 61.3 Å². The average molecular weight is 153 g/mol. The van der Waals surface area contributed by atoms with Crippen molar-refractivity contribution in [3.05, 3.63) is 6.07 Å². The number of nitrogen functional groups attached to an aromatic ring is 3. The fourth-order valence-electron chi connectivity index (χ4n) is 0.929. The second-order valence-corrected chi connectivity index (χ2v) is 2.14. The molecule has 11 heavy (non-hydrogen) atoms. The standard InChI is InChI=1S/C4H7N7/c5-2-1-3-8-9-4(6)10(3)11(2)7/h1H,5,7H2,(H2,6,9). The summed E-state index contributed by atoms with van der Waals surface area (Å²) >= 11 is 0. The molecule has 6 N–H and O–H groups in total. The van der Waals surface area contributed by atoms with E-state index in [1.165, 1.54) is 9.31 Å². The summed E-state index contributed by atoms with van der Waals surface area (Å²) in [6, 6.07) is 1.59. The fraction of sp³-hybridized carbons (Fsp3) is 0. The van der Waals surface area contributed by atoms with Gasteiger partial charge < -0.3 is 17.3 Å². The average Bonchev–Trinajstić information content (AvgIpc) is 2.41. The predicted octanol–water partition coefficient (Wildman–Crippen LogP) is -1.59. The number of rotatable bonds is 0. The van der Waals surface area contributed by atoms with Crippen LogP contribution in [-0.2, 0) is 0 Å². The van der Waals surface area contributed by atoms with Gasteiger partial charge in [0.2, 0.25) is 5.95 Å².